The summed E-state index contributed by atoms with van der Waals surface area (Å²) >= 11 is 0. The van der Waals surface area contributed by atoms with E-state index in [4.69, 9.17) is 0 Å². The van der Waals surface area contributed by atoms with Gasteiger partial charge >= 0.3 is 12.4 Å². The average Bonchev–Trinajstić information content (AvgIpc) is 2.26. The molecule has 0 radical (unpaired) electrons. The summed E-state index contributed by atoms with van der Waals surface area (Å²) in [7, 11) is -4.89. The Hall–Kier alpha value is -1.33. The number of halogens is 6. The third-order valence-corrected chi connectivity index (χ3v) is 3.29. The van der Waals surface area contributed by atoms with Gasteiger partial charge in [-0.1, -0.05) is 0 Å². The molecule has 1 rings (SSSR count). The highest BCUT2D eigenvalue weighted by molar-refractivity contribution is 7.89. The first kappa shape index (κ1) is 15.7. The van der Waals surface area contributed by atoms with Gasteiger partial charge in [0.2, 0.25) is 0 Å². The lowest BCUT2D eigenvalue weighted by Crippen LogP contribution is -2.32. The number of alkyl halides is 6. The van der Waals surface area contributed by atoms with Crippen molar-refractivity contribution in [3.8, 4) is 0 Å². The summed E-state index contributed by atoms with van der Waals surface area (Å²) in [6, 6.07) is 0.0451. The first-order valence-corrected chi connectivity index (χ1v) is 5.89. The van der Waals surface area contributed by atoms with Crippen molar-refractivity contribution >= 4 is 10.0 Å². The van der Waals surface area contributed by atoms with E-state index in [2.05, 4.69) is 5.84 Å². The zero-order chi connectivity index (χ0) is 15.1. The Morgan fingerprint density at radius 2 is 1.53 bits per heavy atom. The second kappa shape index (κ2) is 4.65. The summed E-state index contributed by atoms with van der Waals surface area (Å²) in [4.78, 5) is -0.532. The van der Waals surface area contributed by atoms with E-state index in [0.29, 0.717) is 0 Å². The Labute approximate surface area is 103 Å². The Bertz CT molecular complexity index is 578. The van der Waals surface area contributed by atoms with Gasteiger partial charge in [0.05, 0.1) is 16.0 Å². The fourth-order valence-electron chi connectivity index (χ4n) is 1.22. The Morgan fingerprint density at radius 3 is 1.89 bits per heavy atom. The summed E-state index contributed by atoms with van der Waals surface area (Å²) in [6.45, 7) is 0. The highest BCUT2D eigenvalue weighted by Crippen LogP contribution is 2.38. The van der Waals surface area contributed by atoms with Crippen molar-refractivity contribution in [3.63, 3.8) is 0 Å². The van der Waals surface area contributed by atoms with Gasteiger partial charge in [0.25, 0.3) is 10.0 Å². The quantitative estimate of drug-likeness (QED) is 0.498. The molecule has 11 heteroatoms. The maximum Gasteiger partial charge on any atom is 0.417 e. The molecule has 0 aliphatic heterocycles. The van der Waals surface area contributed by atoms with Gasteiger partial charge in [-0.15, -0.1) is 0 Å². The summed E-state index contributed by atoms with van der Waals surface area (Å²) in [6.07, 6.45) is -10.1. The molecule has 0 fully saturated rings. The predicted octanol–water partition coefficient (Wildman–Crippen LogP) is 1.88. The first-order chi connectivity index (χ1) is 8.39. The molecule has 0 saturated carbocycles. The van der Waals surface area contributed by atoms with Crippen LogP contribution in [-0.4, -0.2) is 8.42 Å². The topological polar surface area (TPSA) is 72.2 Å². The zero-order valence-electron chi connectivity index (χ0n) is 8.80. The number of hydrogen-bond acceptors (Lipinski definition) is 3. The molecule has 0 saturated heterocycles. The van der Waals surface area contributed by atoms with Crippen LogP contribution in [0.2, 0.25) is 0 Å². The SMILES string of the molecule is NNS(=O)(=O)c1cc(C(F)(F)F)ccc1C(F)(F)F. The van der Waals surface area contributed by atoms with Gasteiger partial charge in [0.1, 0.15) is 0 Å². The number of hydrazine groups is 1. The second-order valence-corrected chi connectivity index (χ2v) is 5.01. The molecule has 1 aromatic rings. The van der Waals surface area contributed by atoms with Crippen LogP contribution in [0.3, 0.4) is 0 Å². The zero-order valence-corrected chi connectivity index (χ0v) is 9.62. The lowest BCUT2D eigenvalue weighted by molar-refractivity contribution is -0.143. The van der Waals surface area contributed by atoms with E-state index in [0.717, 1.165) is 4.83 Å². The number of nitrogens with one attached hydrogen (secondary N) is 1. The van der Waals surface area contributed by atoms with E-state index in [1.54, 1.807) is 0 Å². The summed E-state index contributed by atoms with van der Waals surface area (Å²) in [5.41, 5.74) is -3.27. The van der Waals surface area contributed by atoms with Crippen LogP contribution in [0.25, 0.3) is 0 Å². The minimum atomic E-state index is -5.14. The molecule has 3 N–H and O–H groups in total. The summed E-state index contributed by atoms with van der Waals surface area (Å²) < 4.78 is 97.2. The Morgan fingerprint density at radius 1 is 1.00 bits per heavy atom. The fraction of sp³-hybridized carbons (Fsp3) is 0.250. The van der Waals surface area contributed by atoms with E-state index >= 15 is 0 Å². The van der Waals surface area contributed by atoms with Gasteiger partial charge in [-0.2, -0.15) is 31.2 Å². The monoisotopic (exact) mass is 308 g/mol. The molecule has 1 aromatic carbocycles. The minimum Gasteiger partial charge on any atom is -0.257 e. The molecule has 0 spiro atoms. The van der Waals surface area contributed by atoms with Crippen molar-refractivity contribution in [1.82, 2.24) is 4.83 Å². The molecular formula is C8H6F6N2O2S. The molecule has 0 aromatic heterocycles. The van der Waals surface area contributed by atoms with Crippen molar-refractivity contribution in [1.29, 1.82) is 0 Å². The van der Waals surface area contributed by atoms with Crippen LogP contribution in [-0.2, 0) is 22.4 Å². The molecule has 0 bridgehead atoms. The highest BCUT2D eigenvalue weighted by atomic mass is 32.2. The predicted molar refractivity (Wildman–Crippen MR) is 51.0 cm³/mol. The molecule has 108 valence electrons. The molecular weight excluding hydrogens is 302 g/mol. The minimum absolute atomic E-state index is 0.0348. The third kappa shape index (κ3) is 3.36. The number of rotatable bonds is 2. The maximum atomic E-state index is 12.5. The Kier molecular flexibility index (Phi) is 3.85. The van der Waals surface area contributed by atoms with Crippen molar-refractivity contribution < 1.29 is 34.8 Å². The molecule has 0 atom stereocenters. The van der Waals surface area contributed by atoms with E-state index in [1.165, 1.54) is 0 Å². The van der Waals surface area contributed by atoms with E-state index < -0.39 is 38.4 Å². The van der Waals surface area contributed by atoms with Crippen LogP contribution in [0.5, 0.6) is 0 Å². The van der Waals surface area contributed by atoms with Crippen LogP contribution >= 0.6 is 0 Å². The summed E-state index contributed by atoms with van der Waals surface area (Å²) in [5, 5.41) is 0. The normalized spacial score (nSPS) is 13.6. The van der Waals surface area contributed by atoms with E-state index in [1.807, 2.05) is 0 Å². The molecule has 0 unspecified atom stereocenters. The van der Waals surface area contributed by atoms with Gasteiger partial charge < -0.3 is 0 Å². The summed E-state index contributed by atoms with van der Waals surface area (Å²) in [5.74, 6) is 4.52. The molecule has 0 amide bonds. The van der Waals surface area contributed by atoms with Crippen molar-refractivity contribution in [2.45, 2.75) is 17.2 Å². The smallest absolute Gasteiger partial charge is 0.257 e. The molecule has 0 aliphatic carbocycles. The molecule has 4 nitrogen and oxygen atoms in total. The Balaban J connectivity index is 3.63. The average molecular weight is 308 g/mol. The van der Waals surface area contributed by atoms with Gasteiger partial charge in [-0.05, 0) is 18.2 Å². The van der Waals surface area contributed by atoms with Gasteiger partial charge in [-0.25, -0.2) is 8.42 Å². The molecule has 0 heterocycles. The third-order valence-electron chi connectivity index (χ3n) is 2.06. The van der Waals surface area contributed by atoms with Crippen molar-refractivity contribution in [2.24, 2.45) is 5.84 Å². The fourth-order valence-corrected chi connectivity index (χ4v) is 2.10. The number of nitrogens with two attached hydrogens (primary N) is 1. The van der Waals surface area contributed by atoms with Gasteiger partial charge in [0, 0.05) is 0 Å². The van der Waals surface area contributed by atoms with Crippen LogP contribution in [0.15, 0.2) is 23.1 Å². The molecule has 0 aliphatic rings. The molecule has 19 heavy (non-hydrogen) atoms. The van der Waals surface area contributed by atoms with Crippen LogP contribution in [0.4, 0.5) is 26.3 Å². The van der Waals surface area contributed by atoms with Crippen molar-refractivity contribution in [3.05, 3.63) is 29.3 Å². The van der Waals surface area contributed by atoms with Crippen LogP contribution in [0.1, 0.15) is 11.1 Å². The lowest BCUT2D eigenvalue weighted by atomic mass is 10.1. The number of sulfonamides is 1. The highest BCUT2D eigenvalue weighted by Gasteiger charge is 2.40. The van der Waals surface area contributed by atoms with E-state index in [-0.39, 0.29) is 18.2 Å². The van der Waals surface area contributed by atoms with Crippen molar-refractivity contribution in [2.75, 3.05) is 0 Å². The number of hydrogen-bond donors (Lipinski definition) is 2. The standard InChI is InChI=1S/C8H6F6N2O2S/c9-7(10,11)4-1-2-5(8(12,13)14)6(3-4)19(17,18)16-15/h1-3,16H,15H2. The lowest BCUT2D eigenvalue weighted by Gasteiger charge is -2.15. The van der Waals surface area contributed by atoms with Gasteiger partial charge in [0.15, 0.2) is 0 Å². The maximum absolute atomic E-state index is 12.5. The first-order valence-electron chi connectivity index (χ1n) is 4.40. The van der Waals surface area contributed by atoms with Crippen LogP contribution in [0, 0.1) is 0 Å². The van der Waals surface area contributed by atoms with Crippen LogP contribution < -0.4 is 10.7 Å². The number of benzene rings is 1. The van der Waals surface area contributed by atoms with Gasteiger partial charge in [-0.3, -0.25) is 5.84 Å². The van der Waals surface area contributed by atoms with E-state index in [9.17, 15) is 34.8 Å². The largest absolute Gasteiger partial charge is 0.417 e. The second-order valence-electron chi connectivity index (χ2n) is 3.33.